The van der Waals surface area contributed by atoms with E-state index in [1.54, 1.807) is 14.0 Å². The standard InChI is InChI=1S/C16H21N9O2/c1-9(25-8-22-14(19-2)13(25)16(27)20-3)15(26)24-12-7-21-6-11(23-12)10(4-17)5-18/h4-9,17,19H,18H2,1-3H3,(H,20,27)(H,23,24,26)/b10-5+,17-4?/t9-/m0/s1. The van der Waals surface area contributed by atoms with E-state index in [0.717, 1.165) is 6.21 Å². The number of nitrogens with one attached hydrogen (secondary N) is 4. The van der Waals surface area contributed by atoms with Crippen LogP contribution in [0.15, 0.2) is 24.9 Å². The van der Waals surface area contributed by atoms with Gasteiger partial charge in [-0.1, -0.05) is 0 Å². The summed E-state index contributed by atoms with van der Waals surface area (Å²) in [7, 11) is 3.13. The Morgan fingerprint density at radius 1 is 1.33 bits per heavy atom. The molecule has 0 fully saturated rings. The number of carbonyl (C=O) groups is 2. The first-order valence-electron chi connectivity index (χ1n) is 7.99. The van der Waals surface area contributed by atoms with Gasteiger partial charge in [0.25, 0.3) is 5.91 Å². The largest absolute Gasteiger partial charge is 0.404 e. The third-order valence-electron chi connectivity index (χ3n) is 3.79. The van der Waals surface area contributed by atoms with Crippen LogP contribution in [0.5, 0.6) is 0 Å². The fraction of sp³-hybridized carbons (Fsp3) is 0.250. The quantitative estimate of drug-likeness (QED) is 0.434. The molecule has 0 bridgehead atoms. The molecule has 2 aromatic heterocycles. The third-order valence-corrected chi connectivity index (χ3v) is 3.79. The molecule has 2 amide bonds. The van der Waals surface area contributed by atoms with Gasteiger partial charge in [-0.25, -0.2) is 9.97 Å². The normalized spacial score (nSPS) is 12.2. The summed E-state index contributed by atoms with van der Waals surface area (Å²) in [5.41, 5.74) is 6.39. The molecule has 142 valence electrons. The zero-order valence-electron chi connectivity index (χ0n) is 15.1. The fourth-order valence-electron chi connectivity index (χ4n) is 2.31. The molecular formula is C16H21N9O2. The minimum absolute atomic E-state index is 0.195. The van der Waals surface area contributed by atoms with Crippen molar-refractivity contribution in [3.05, 3.63) is 36.3 Å². The van der Waals surface area contributed by atoms with Crippen molar-refractivity contribution < 1.29 is 9.59 Å². The van der Waals surface area contributed by atoms with Crippen molar-refractivity contribution in [1.82, 2.24) is 24.8 Å². The number of imidazole rings is 1. The van der Waals surface area contributed by atoms with Gasteiger partial charge in [0.15, 0.2) is 17.3 Å². The Balaban J connectivity index is 2.27. The van der Waals surface area contributed by atoms with Crippen molar-refractivity contribution >= 4 is 35.2 Å². The molecule has 0 aromatic carbocycles. The zero-order valence-corrected chi connectivity index (χ0v) is 15.1. The number of hydrogen-bond acceptors (Lipinski definition) is 8. The minimum atomic E-state index is -0.746. The van der Waals surface area contributed by atoms with E-state index in [2.05, 4.69) is 30.9 Å². The molecule has 0 aliphatic carbocycles. The smallest absolute Gasteiger partial charge is 0.271 e. The average Bonchev–Trinajstić information content (AvgIpc) is 3.12. The Labute approximate surface area is 155 Å². The second-order valence-electron chi connectivity index (χ2n) is 5.40. The number of allylic oxidation sites excluding steroid dienone is 1. The fourth-order valence-corrected chi connectivity index (χ4v) is 2.31. The second-order valence-corrected chi connectivity index (χ2v) is 5.40. The number of rotatable bonds is 7. The molecule has 0 aliphatic heterocycles. The van der Waals surface area contributed by atoms with Gasteiger partial charge in [-0.05, 0) is 6.92 Å². The summed E-state index contributed by atoms with van der Waals surface area (Å²) in [5.74, 6) is -0.234. The molecule has 0 aliphatic rings. The molecule has 0 saturated heterocycles. The van der Waals surface area contributed by atoms with Crippen LogP contribution in [0, 0.1) is 5.41 Å². The Kier molecular flexibility index (Phi) is 6.20. The van der Waals surface area contributed by atoms with Crippen LogP contribution in [-0.4, -0.2) is 51.6 Å². The first-order chi connectivity index (χ1) is 13.0. The molecule has 2 rings (SSSR count). The van der Waals surface area contributed by atoms with E-state index in [0.29, 0.717) is 17.1 Å². The molecule has 2 heterocycles. The third kappa shape index (κ3) is 4.08. The highest BCUT2D eigenvalue weighted by Gasteiger charge is 2.24. The molecule has 27 heavy (non-hydrogen) atoms. The number of hydrogen-bond donors (Lipinski definition) is 5. The van der Waals surface area contributed by atoms with Crippen LogP contribution in [0.25, 0.3) is 5.57 Å². The van der Waals surface area contributed by atoms with E-state index < -0.39 is 11.9 Å². The first kappa shape index (κ1) is 19.6. The van der Waals surface area contributed by atoms with E-state index in [1.165, 1.54) is 36.5 Å². The van der Waals surface area contributed by atoms with E-state index in [4.69, 9.17) is 11.1 Å². The van der Waals surface area contributed by atoms with Crippen molar-refractivity contribution in [2.24, 2.45) is 5.73 Å². The summed E-state index contributed by atoms with van der Waals surface area (Å²) < 4.78 is 1.46. The van der Waals surface area contributed by atoms with Crippen LogP contribution in [0.2, 0.25) is 0 Å². The number of amides is 2. The van der Waals surface area contributed by atoms with Crippen LogP contribution in [0.1, 0.15) is 29.1 Å². The molecule has 2 aromatic rings. The predicted molar refractivity (Wildman–Crippen MR) is 101 cm³/mol. The summed E-state index contributed by atoms with van der Waals surface area (Å²) in [5, 5.41) is 15.3. The van der Waals surface area contributed by atoms with Crippen LogP contribution < -0.4 is 21.7 Å². The van der Waals surface area contributed by atoms with Gasteiger partial charge in [-0.15, -0.1) is 0 Å². The van der Waals surface area contributed by atoms with Crippen molar-refractivity contribution in [2.75, 3.05) is 24.7 Å². The van der Waals surface area contributed by atoms with Crippen molar-refractivity contribution in [3.63, 3.8) is 0 Å². The summed E-state index contributed by atoms with van der Waals surface area (Å²) in [4.78, 5) is 37.1. The number of nitrogens with two attached hydrogens (primary N) is 1. The maximum Gasteiger partial charge on any atom is 0.271 e. The predicted octanol–water partition coefficient (Wildman–Crippen LogP) is 0.223. The Bertz CT molecular complexity index is 888. The Morgan fingerprint density at radius 2 is 2.07 bits per heavy atom. The summed E-state index contributed by atoms with van der Waals surface area (Å²) in [6, 6.07) is -0.746. The average molecular weight is 371 g/mol. The molecule has 0 radical (unpaired) electrons. The number of nitrogens with zero attached hydrogens (tertiary/aromatic N) is 4. The van der Waals surface area contributed by atoms with Crippen LogP contribution in [0.4, 0.5) is 11.6 Å². The van der Waals surface area contributed by atoms with Gasteiger partial charge in [0.2, 0.25) is 5.91 Å². The topological polar surface area (TPSA) is 164 Å². The highest BCUT2D eigenvalue weighted by atomic mass is 16.2. The Hall–Kier alpha value is -3.76. The van der Waals surface area contributed by atoms with E-state index in [1.807, 2.05) is 0 Å². The molecule has 1 atom stereocenters. The monoisotopic (exact) mass is 371 g/mol. The molecule has 0 spiro atoms. The maximum absolute atomic E-state index is 12.6. The van der Waals surface area contributed by atoms with Crippen molar-refractivity contribution in [1.29, 1.82) is 5.41 Å². The van der Waals surface area contributed by atoms with E-state index in [9.17, 15) is 9.59 Å². The lowest BCUT2D eigenvalue weighted by molar-refractivity contribution is -0.118. The van der Waals surface area contributed by atoms with Crippen molar-refractivity contribution in [3.8, 4) is 0 Å². The number of anilines is 2. The van der Waals surface area contributed by atoms with Gasteiger partial charge in [0.1, 0.15) is 6.04 Å². The summed E-state index contributed by atoms with van der Waals surface area (Å²) in [6.07, 6.45) is 6.48. The van der Waals surface area contributed by atoms with Gasteiger partial charge in [-0.2, -0.15) is 0 Å². The molecule has 11 nitrogen and oxygen atoms in total. The van der Waals surface area contributed by atoms with Crippen LogP contribution in [0.3, 0.4) is 0 Å². The molecule has 11 heteroatoms. The molecule has 0 saturated carbocycles. The van der Waals surface area contributed by atoms with Gasteiger partial charge in [-0.3, -0.25) is 14.6 Å². The highest BCUT2D eigenvalue weighted by Crippen LogP contribution is 2.19. The lowest BCUT2D eigenvalue weighted by Crippen LogP contribution is -2.29. The maximum atomic E-state index is 12.6. The molecule has 6 N–H and O–H groups in total. The second kappa shape index (κ2) is 8.56. The molecular weight excluding hydrogens is 350 g/mol. The first-order valence-corrected chi connectivity index (χ1v) is 7.99. The number of aromatic nitrogens is 4. The van der Waals surface area contributed by atoms with Gasteiger partial charge in [0, 0.05) is 32.1 Å². The minimum Gasteiger partial charge on any atom is -0.404 e. The summed E-state index contributed by atoms with van der Waals surface area (Å²) in [6.45, 7) is 1.63. The van der Waals surface area contributed by atoms with Crippen LogP contribution >= 0.6 is 0 Å². The summed E-state index contributed by atoms with van der Waals surface area (Å²) >= 11 is 0. The number of carbonyl (C=O) groups excluding carboxylic acids is 2. The van der Waals surface area contributed by atoms with Crippen molar-refractivity contribution in [2.45, 2.75) is 13.0 Å². The van der Waals surface area contributed by atoms with Gasteiger partial charge < -0.3 is 31.7 Å². The van der Waals surface area contributed by atoms with E-state index >= 15 is 0 Å². The lowest BCUT2D eigenvalue weighted by atomic mass is 10.2. The van der Waals surface area contributed by atoms with Gasteiger partial charge in [0.05, 0.1) is 24.4 Å². The van der Waals surface area contributed by atoms with Crippen LogP contribution in [-0.2, 0) is 4.79 Å². The van der Waals surface area contributed by atoms with Gasteiger partial charge >= 0.3 is 0 Å². The zero-order chi connectivity index (χ0) is 20.0. The Morgan fingerprint density at radius 3 is 2.67 bits per heavy atom. The SMILES string of the molecule is CNC(=O)c1c(NC)ncn1[C@@H](C)C(=O)Nc1cncc(/C(C=N)=C/N)n1. The lowest BCUT2D eigenvalue weighted by Gasteiger charge is -2.16. The highest BCUT2D eigenvalue weighted by molar-refractivity contribution is 6.07. The van der Waals surface area contributed by atoms with E-state index in [-0.39, 0.29) is 17.4 Å². The molecule has 0 unspecified atom stereocenters.